The van der Waals surface area contributed by atoms with Crippen molar-refractivity contribution in [3.63, 3.8) is 0 Å². The van der Waals surface area contributed by atoms with Gasteiger partial charge in [0.25, 0.3) is 0 Å². The summed E-state index contributed by atoms with van der Waals surface area (Å²) in [6, 6.07) is 4.63. The quantitative estimate of drug-likeness (QED) is 0.611. The summed E-state index contributed by atoms with van der Waals surface area (Å²) in [5, 5.41) is 11.7. The Kier molecular flexibility index (Phi) is 9.25. The first-order chi connectivity index (χ1) is 9.36. The molecule has 0 bridgehead atoms. The van der Waals surface area contributed by atoms with Crippen LogP contribution in [0.3, 0.4) is 0 Å². The fraction of sp³-hybridized carbons (Fsp3) is 0.750. The van der Waals surface area contributed by atoms with E-state index in [1.54, 1.807) is 6.20 Å². The van der Waals surface area contributed by atoms with Gasteiger partial charge in [-0.25, -0.2) is 0 Å². The van der Waals surface area contributed by atoms with Crippen LogP contribution in [0.15, 0.2) is 18.3 Å². The molecule has 0 aromatic carbocycles. The van der Waals surface area contributed by atoms with Crippen molar-refractivity contribution in [1.82, 2.24) is 15.5 Å². The molecule has 108 valence electrons. The highest BCUT2D eigenvalue weighted by molar-refractivity contribution is 4.98. The Morgan fingerprint density at radius 1 is 1.05 bits per heavy atom. The third-order valence-corrected chi connectivity index (χ3v) is 3.51. The van der Waals surface area contributed by atoms with Crippen molar-refractivity contribution < 1.29 is 0 Å². The van der Waals surface area contributed by atoms with Gasteiger partial charge in [0.15, 0.2) is 0 Å². The molecule has 1 aromatic heterocycles. The molecule has 0 aliphatic heterocycles. The minimum absolute atomic E-state index is 0.639. The molecule has 0 spiro atoms. The molecular formula is C16H29N3. The van der Waals surface area contributed by atoms with Crippen LogP contribution in [0, 0.1) is 0 Å². The second-order valence-electron chi connectivity index (χ2n) is 5.28. The van der Waals surface area contributed by atoms with Gasteiger partial charge in [0.05, 0.1) is 5.69 Å². The maximum atomic E-state index is 4.13. The number of rotatable bonds is 11. The summed E-state index contributed by atoms with van der Waals surface area (Å²) in [5.41, 5.74) is 1.04. The Balaban J connectivity index is 2.30. The van der Waals surface area contributed by atoms with Crippen molar-refractivity contribution in [3.8, 4) is 0 Å². The Morgan fingerprint density at radius 3 is 2.26 bits per heavy atom. The maximum absolute atomic E-state index is 4.13. The maximum Gasteiger partial charge on any atom is 0.0769 e. The summed E-state index contributed by atoms with van der Waals surface area (Å²) in [6.07, 6.45) is 12.3. The van der Waals surface area contributed by atoms with E-state index in [4.69, 9.17) is 0 Å². The van der Waals surface area contributed by atoms with Crippen LogP contribution < -0.4 is 5.32 Å². The molecule has 0 radical (unpaired) electrons. The molecule has 1 rings (SSSR count). The van der Waals surface area contributed by atoms with Crippen LogP contribution in [-0.2, 0) is 6.54 Å². The third-order valence-electron chi connectivity index (χ3n) is 3.51. The molecule has 0 unspecified atom stereocenters. The highest BCUT2D eigenvalue weighted by Gasteiger charge is 2.08. The van der Waals surface area contributed by atoms with Crippen LogP contribution in [0.1, 0.15) is 70.9 Å². The Hall–Kier alpha value is -0.960. The molecular weight excluding hydrogens is 234 g/mol. The lowest BCUT2D eigenvalue weighted by Crippen LogP contribution is -2.29. The lowest BCUT2D eigenvalue weighted by molar-refractivity contribution is 0.415. The topological polar surface area (TPSA) is 37.8 Å². The summed E-state index contributed by atoms with van der Waals surface area (Å²) in [4.78, 5) is 0. The molecule has 0 saturated carbocycles. The first kappa shape index (κ1) is 16.1. The van der Waals surface area contributed by atoms with Crippen LogP contribution in [0.2, 0.25) is 0 Å². The van der Waals surface area contributed by atoms with Crippen molar-refractivity contribution in [2.75, 3.05) is 0 Å². The summed E-state index contributed by atoms with van der Waals surface area (Å²) in [6.45, 7) is 5.37. The lowest BCUT2D eigenvalue weighted by atomic mass is 10.0. The molecule has 3 nitrogen and oxygen atoms in total. The van der Waals surface area contributed by atoms with E-state index in [0.717, 1.165) is 12.2 Å². The van der Waals surface area contributed by atoms with Gasteiger partial charge in [-0.3, -0.25) is 0 Å². The van der Waals surface area contributed by atoms with Crippen LogP contribution in [-0.4, -0.2) is 16.2 Å². The lowest BCUT2D eigenvalue weighted by Gasteiger charge is -2.18. The van der Waals surface area contributed by atoms with Crippen LogP contribution in [0.25, 0.3) is 0 Å². The summed E-state index contributed by atoms with van der Waals surface area (Å²) >= 11 is 0. The number of nitrogens with zero attached hydrogens (tertiary/aromatic N) is 2. The Bertz CT molecular complexity index is 290. The molecule has 1 N–H and O–H groups in total. The second kappa shape index (κ2) is 10.9. The largest absolute Gasteiger partial charge is 0.308 e. The number of nitrogens with one attached hydrogen (secondary N) is 1. The van der Waals surface area contributed by atoms with Gasteiger partial charge in [-0.1, -0.05) is 52.4 Å². The van der Waals surface area contributed by atoms with Crippen molar-refractivity contribution in [1.29, 1.82) is 0 Å². The van der Waals surface area contributed by atoms with Gasteiger partial charge in [0.2, 0.25) is 0 Å². The molecule has 0 saturated heterocycles. The monoisotopic (exact) mass is 263 g/mol. The highest BCUT2D eigenvalue weighted by Crippen LogP contribution is 2.11. The van der Waals surface area contributed by atoms with E-state index in [1.807, 2.05) is 12.1 Å². The van der Waals surface area contributed by atoms with Gasteiger partial charge in [0.1, 0.15) is 0 Å². The van der Waals surface area contributed by atoms with Crippen LogP contribution >= 0.6 is 0 Å². The molecule has 0 aliphatic carbocycles. The SMILES string of the molecule is CCCCCC(CCCCC)NCc1cccnn1. The minimum Gasteiger partial charge on any atom is -0.308 e. The molecule has 0 aliphatic rings. The van der Waals surface area contributed by atoms with Crippen LogP contribution in [0.4, 0.5) is 0 Å². The van der Waals surface area contributed by atoms with Gasteiger partial charge in [-0.2, -0.15) is 10.2 Å². The zero-order chi connectivity index (χ0) is 13.8. The third kappa shape index (κ3) is 7.93. The van der Waals surface area contributed by atoms with E-state index in [2.05, 4.69) is 29.4 Å². The van der Waals surface area contributed by atoms with Crippen molar-refractivity contribution in [3.05, 3.63) is 24.0 Å². The van der Waals surface area contributed by atoms with Crippen molar-refractivity contribution >= 4 is 0 Å². The first-order valence-electron chi connectivity index (χ1n) is 7.86. The summed E-state index contributed by atoms with van der Waals surface area (Å²) in [7, 11) is 0. The fourth-order valence-electron chi connectivity index (χ4n) is 2.31. The summed E-state index contributed by atoms with van der Waals surface area (Å²) in [5.74, 6) is 0. The van der Waals surface area contributed by atoms with Gasteiger partial charge in [-0.15, -0.1) is 0 Å². The number of aromatic nitrogens is 2. The van der Waals surface area contributed by atoms with Gasteiger partial charge in [0, 0.05) is 18.8 Å². The molecule has 0 atom stereocenters. The second-order valence-corrected chi connectivity index (χ2v) is 5.28. The molecule has 19 heavy (non-hydrogen) atoms. The van der Waals surface area contributed by atoms with Gasteiger partial charge in [-0.05, 0) is 25.0 Å². The molecule has 0 amide bonds. The Labute approximate surface area is 118 Å². The molecule has 1 aromatic rings. The van der Waals surface area contributed by atoms with Crippen molar-refractivity contribution in [2.45, 2.75) is 77.8 Å². The smallest absolute Gasteiger partial charge is 0.0769 e. The number of hydrogen-bond donors (Lipinski definition) is 1. The fourth-order valence-corrected chi connectivity index (χ4v) is 2.31. The predicted molar refractivity (Wildman–Crippen MR) is 80.9 cm³/mol. The normalized spacial score (nSPS) is 11.1. The van der Waals surface area contributed by atoms with Crippen LogP contribution in [0.5, 0.6) is 0 Å². The number of hydrogen-bond acceptors (Lipinski definition) is 3. The zero-order valence-electron chi connectivity index (χ0n) is 12.6. The van der Waals surface area contributed by atoms with E-state index in [9.17, 15) is 0 Å². The van der Waals surface area contributed by atoms with Crippen molar-refractivity contribution in [2.24, 2.45) is 0 Å². The molecule has 1 heterocycles. The average molecular weight is 263 g/mol. The Morgan fingerprint density at radius 2 is 1.74 bits per heavy atom. The van der Waals surface area contributed by atoms with E-state index >= 15 is 0 Å². The standard InChI is InChI=1S/C16H29N3/c1-3-5-7-10-15(11-8-6-4-2)17-14-16-12-9-13-18-19-16/h9,12-13,15,17H,3-8,10-11,14H2,1-2H3. The summed E-state index contributed by atoms with van der Waals surface area (Å²) < 4.78 is 0. The highest BCUT2D eigenvalue weighted by atomic mass is 15.1. The van der Waals surface area contributed by atoms with E-state index < -0.39 is 0 Å². The first-order valence-corrected chi connectivity index (χ1v) is 7.86. The zero-order valence-corrected chi connectivity index (χ0v) is 12.6. The predicted octanol–water partition coefficient (Wildman–Crippen LogP) is 4.10. The average Bonchev–Trinajstić information content (AvgIpc) is 2.45. The van der Waals surface area contributed by atoms with Gasteiger partial charge >= 0.3 is 0 Å². The van der Waals surface area contributed by atoms with E-state index in [1.165, 1.54) is 51.4 Å². The van der Waals surface area contributed by atoms with E-state index in [-0.39, 0.29) is 0 Å². The molecule has 3 heteroatoms. The van der Waals surface area contributed by atoms with E-state index in [0.29, 0.717) is 6.04 Å². The van der Waals surface area contributed by atoms with Gasteiger partial charge < -0.3 is 5.32 Å². The minimum atomic E-state index is 0.639. The molecule has 0 fully saturated rings. The number of unbranched alkanes of at least 4 members (excludes halogenated alkanes) is 4.